The van der Waals surface area contributed by atoms with Gasteiger partial charge >= 0.3 is 0 Å². The highest BCUT2D eigenvalue weighted by atomic mass is 31.0. The summed E-state index contributed by atoms with van der Waals surface area (Å²) in [6.07, 6.45) is 1.32. The Balaban J connectivity index is 2.18. The highest BCUT2D eigenvalue weighted by molar-refractivity contribution is 7.27. The number of rotatable bonds is 10. The summed E-state index contributed by atoms with van der Waals surface area (Å²) < 4.78 is 0. The average molecular weight is 473 g/mol. The third kappa shape index (κ3) is 6.81. The number of amides is 1. The van der Waals surface area contributed by atoms with Crippen molar-refractivity contribution in [2.45, 2.75) is 46.6 Å². The fourth-order valence-corrected chi connectivity index (χ4v) is 4.32. The van der Waals surface area contributed by atoms with Crippen LogP contribution in [0.15, 0.2) is 84.9 Å². The van der Waals surface area contributed by atoms with Gasteiger partial charge in [0, 0.05) is 24.0 Å². The van der Waals surface area contributed by atoms with E-state index in [4.69, 9.17) is 0 Å². The molecule has 0 heterocycles. The topological polar surface area (TPSA) is 32.3 Å². The number of para-hydroxylation sites is 1. The summed E-state index contributed by atoms with van der Waals surface area (Å²) in [6.45, 7) is 9.96. The monoisotopic (exact) mass is 472 g/mol. The molecule has 3 nitrogen and oxygen atoms in total. The molecule has 0 aliphatic carbocycles. The lowest BCUT2D eigenvalue weighted by molar-refractivity contribution is -0.115. The Bertz CT molecular complexity index is 1080. The minimum Gasteiger partial charge on any atom is -0.368 e. The summed E-state index contributed by atoms with van der Waals surface area (Å²) in [7, 11) is 2.76. The zero-order valence-corrected chi connectivity index (χ0v) is 21.9. The zero-order chi connectivity index (χ0) is 24.5. The average Bonchev–Trinajstić information content (AvgIpc) is 2.84. The van der Waals surface area contributed by atoms with Gasteiger partial charge in [0.1, 0.15) is 0 Å². The van der Waals surface area contributed by atoms with E-state index in [1.807, 2.05) is 48.5 Å². The summed E-state index contributed by atoms with van der Waals surface area (Å²) in [6, 6.07) is 28.9. The van der Waals surface area contributed by atoms with Crippen molar-refractivity contribution >= 4 is 37.4 Å². The van der Waals surface area contributed by atoms with Crippen LogP contribution in [-0.4, -0.2) is 23.4 Å². The van der Waals surface area contributed by atoms with Crippen molar-refractivity contribution in [2.75, 3.05) is 11.9 Å². The van der Waals surface area contributed by atoms with E-state index in [1.54, 1.807) is 0 Å². The van der Waals surface area contributed by atoms with Crippen LogP contribution in [0.4, 0.5) is 5.69 Å². The molecule has 178 valence electrons. The molecule has 0 aromatic heterocycles. The van der Waals surface area contributed by atoms with Gasteiger partial charge in [-0.1, -0.05) is 93.6 Å². The van der Waals surface area contributed by atoms with Crippen LogP contribution < -0.4 is 10.6 Å². The van der Waals surface area contributed by atoms with Gasteiger partial charge in [-0.05, 0) is 53.4 Å². The van der Waals surface area contributed by atoms with E-state index in [2.05, 4.69) is 83.5 Å². The molecule has 34 heavy (non-hydrogen) atoms. The second kappa shape index (κ2) is 12.5. The van der Waals surface area contributed by atoms with Gasteiger partial charge in [-0.2, -0.15) is 0 Å². The number of hydrogen-bond acceptors (Lipinski definition) is 2. The fraction of sp³-hybridized carbons (Fsp3) is 0.300. The molecule has 4 heteroatoms. The van der Waals surface area contributed by atoms with Crippen molar-refractivity contribution in [3.8, 4) is 0 Å². The van der Waals surface area contributed by atoms with Crippen LogP contribution in [-0.2, 0) is 4.79 Å². The Morgan fingerprint density at radius 2 is 1.44 bits per heavy atom. The second-order valence-corrected chi connectivity index (χ2v) is 9.75. The molecule has 3 aromatic rings. The lowest BCUT2D eigenvalue weighted by Gasteiger charge is -2.37. The van der Waals surface area contributed by atoms with Gasteiger partial charge in [0.25, 0.3) is 0 Å². The molecule has 0 spiro atoms. The molecule has 0 saturated heterocycles. The van der Waals surface area contributed by atoms with Crippen molar-refractivity contribution in [1.82, 2.24) is 4.90 Å². The lowest BCUT2D eigenvalue weighted by Crippen LogP contribution is -2.37. The third-order valence-corrected chi connectivity index (χ3v) is 6.58. The molecule has 0 saturated carbocycles. The molecule has 2 atom stereocenters. The summed E-state index contributed by atoms with van der Waals surface area (Å²) in [5, 5.41) is 4.23. The van der Waals surface area contributed by atoms with Gasteiger partial charge in [-0.15, -0.1) is 9.24 Å². The zero-order valence-electron chi connectivity index (χ0n) is 20.8. The first-order valence-electron chi connectivity index (χ1n) is 12.2. The number of anilines is 1. The van der Waals surface area contributed by atoms with Gasteiger partial charge in [0.15, 0.2) is 0 Å². The van der Waals surface area contributed by atoms with Crippen LogP contribution in [0.5, 0.6) is 0 Å². The van der Waals surface area contributed by atoms with E-state index in [1.165, 1.54) is 0 Å². The standard InChI is InChI=1S/C30H37N2OP/c1-5-20-32(23(4)22(2)3)30(25-16-18-27(34)19-17-25)28(24-12-8-6-9-13-24)21-29(33)31-26-14-10-7-11-15-26/h6-19,22-23H,5,20-21,34H2,1-4H3,(H,31,33)/b30-28+. The molecule has 3 rings (SSSR count). The molecule has 0 fully saturated rings. The van der Waals surface area contributed by atoms with Crippen LogP contribution >= 0.6 is 9.24 Å². The maximum Gasteiger partial charge on any atom is 0.228 e. The first kappa shape index (κ1) is 25.7. The Hall–Kier alpha value is -2.90. The first-order chi connectivity index (χ1) is 16.4. The Morgan fingerprint density at radius 1 is 0.853 bits per heavy atom. The van der Waals surface area contributed by atoms with Crippen molar-refractivity contribution < 1.29 is 4.79 Å². The summed E-state index contributed by atoms with van der Waals surface area (Å²) in [5.74, 6) is 0.455. The summed E-state index contributed by atoms with van der Waals surface area (Å²) in [5.41, 5.74) is 5.22. The van der Waals surface area contributed by atoms with Crippen molar-refractivity contribution in [3.63, 3.8) is 0 Å². The van der Waals surface area contributed by atoms with Crippen LogP contribution in [0.1, 0.15) is 51.7 Å². The Labute approximate surface area is 207 Å². The molecule has 3 aromatic carbocycles. The van der Waals surface area contributed by atoms with Gasteiger partial charge in [0.05, 0.1) is 6.42 Å². The lowest BCUT2D eigenvalue weighted by atomic mass is 9.93. The van der Waals surface area contributed by atoms with E-state index in [0.717, 1.165) is 46.4 Å². The minimum absolute atomic E-state index is 0.0149. The molecule has 0 radical (unpaired) electrons. The summed E-state index contributed by atoms with van der Waals surface area (Å²) in [4.78, 5) is 15.8. The number of hydrogen-bond donors (Lipinski definition) is 1. The largest absolute Gasteiger partial charge is 0.368 e. The predicted octanol–water partition coefficient (Wildman–Crippen LogP) is 6.84. The smallest absolute Gasteiger partial charge is 0.228 e. The van der Waals surface area contributed by atoms with Gasteiger partial charge in [-0.3, -0.25) is 4.79 Å². The van der Waals surface area contributed by atoms with E-state index in [0.29, 0.717) is 18.4 Å². The van der Waals surface area contributed by atoms with Gasteiger partial charge in [0.2, 0.25) is 5.91 Å². The van der Waals surface area contributed by atoms with E-state index in [9.17, 15) is 4.79 Å². The molecule has 1 N–H and O–H groups in total. The highest BCUT2D eigenvalue weighted by Gasteiger charge is 2.25. The molecule has 1 amide bonds. The molecular formula is C30H37N2OP. The van der Waals surface area contributed by atoms with Crippen molar-refractivity contribution in [1.29, 1.82) is 0 Å². The molecule has 0 bridgehead atoms. The maximum absolute atomic E-state index is 13.3. The first-order valence-corrected chi connectivity index (χ1v) is 12.7. The van der Waals surface area contributed by atoms with Crippen LogP contribution in [0.2, 0.25) is 0 Å². The van der Waals surface area contributed by atoms with Gasteiger partial charge in [-0.25, -0.2) is 0 Å². The molecule has 0 aliphatic heterocycles. The maximum atomic E-state index is 13.3. The van der Waals surface area contributed by atoms with E-state index < -0.39 is 0 Å². The molecule has 2 unspecified atom stereocenters. The number of benzene rings is 3. The summed E-state index contributed by atoms with van der Waals surface area (Å²) >= 11 is 0. The minimum atomic E-state index is -0.0149. The molecular weight excluding hydrogens is 435 g/mol. The number of nitrogens with zero attached hydrogens (tertiary/aromatic N) is 1. The molecule has 0 aliphatic rings. The van der Waals surface area contributed by atoms with Crippen LogP contribution in [0.25, 0.3) is 11.3 Å². The van der Waals surface area contributed by atoms with E-state index in [-0.39, 0.29) is 5.91 Å². The number of carbonyl (C=O) groups excluding carboxylic acids is 1. The second-order valence-electron chi connectivity index (χ2n) is 9.08. The van der Waals surface area contributed by atoms with Crippen molar-refractivity contribution in [3.05, 3.63) is 96.1 Å². The highest BCUT2D eigenvalue weighted by Crippen LogP contribution is 2.35. The van der Waals surface area contributed by atoms with Crippen LogP contribution in [0.3, 0.4) is 0 Å². The Morgan fingerprint density at radius 3 is 2.00 bits per heavy atom. The van der Waals surface area contributed by atoms with Crippen molar-refractivity contribution in [2.24, 2.45) is 5.92 Å². The SMILES string of the molecule is CCCN(/C(=C(\CC(=O)Nc1ccccc1)c1ccccc1)c1ccc(P)cc1)C(C)C(C)C. The van der Waals surface area contributed by atoms with Crippen LogP contribution in [0, 0.1) is 5.92 Å². The van der Waals surface area contributed by atoms with Gasteiger partial charge < -0.3 is 10.2 Å². The third-order valence-electron chi connectivity index (χ3n) is 6.20. The number of nitrogens with one attached hydrogen (secondary N) is 1. The van der Waals surface area contributed by atoms with E-state index >= 15 is 0 Å². The quantitative estimate of drug-likeness (QED) is 0.259. The fourth-order valence-electron chi connectivity index (χ4n) is 4.12. The normalized spacial score (nSPS) is 12.8. The Kier molecular flexibility index (Phi) is 9.48. The number of carbonyl (C=O) groups is 1. The predicted molar refractivity (Wildman–Crippen MR) is 150 cm³/mol.